The fraction of sp³-hybridized carbons (Fsp3) is 0.467. The monoisotopic (exact) mass is 1180 g/mol. The lowest BCUT2D eigenvalue weighted by Gasteiger charge is -2.31. The molecule has 0 saturated heterocycles. The van der Waals surface area contributed by atoms with Crippen molar-refractivity contribution in [3.05, 3.63) is 117 Å². The molecular weight excluding hydrogens is 1090 g/mol. The van der Waals surface area contributed by atoms with E-state index in [4.69, 9.17) is 24.7 Å². The highest BCUT2D eigenvalue weighted by Crippen LogP contribution is 2.28. The maximum atomic E-state index is 14.6. The zero-order valence-corrected chi connectivity index (χ0v) is 49.0. The van der Waals surface area contributed by atoms with Crippen molar-refractivity contribution in [1.29, 1.82) is 0 Å². The predicted octanol–water partition coefficient (Wildman–Crippen LogP) is 0.406. The molecule has 25 heteroatoms. The summed E-state index contributed by atoms with van der Waals surface area (Å²) in [6.07, 6.45) is 1.84. The predicted molar refractivity (Wildman–Crippen MR) is 318 cm³/mol. The van der Waals surface area contributed by atoms with Crippen LogP contribution in [0, 0.1) is 0 Å². The Hall–Kier alpha value is -8.36. The zero-order valence-electron chi connectivity index (χ0n) is 49.0. The Morgan fingerprint density at radius 3 is 0.835 bits per heavy atom. The molecule has 0 aliphatic carbocycles. The van der Waals surface area contributed by atoms with E-state index in [2.05, 4.69) is 47.4 Å². The van der Waals surface area contributed by atoms with Crippen LogP contribution in [-0.4, -0.2) is 232 Å². The quantitative estimate of drug-likeness (QED) is 0.108. The number of amides is 8. The molecule has 4 aromatic rings. The Balaban J connectivity index is 1.35. The van der Waals surface area contributed by atoms with E-state index in [0.29, 0.717) is 52.0 Å². The minimum absolute atomic E-state index is 0.0880. The number of fused-ring (bicyclic) bond motifs is 16. The van der Waals surface area contributed by atoms with Crippen molar-refractivity contribution in [2.24, 2.45) is 5.73 Å². The van der Waals surface area contributed by atoms with Crippen LogP contribution in [0.1, 0.15) is 102 Å². The molecule has 0 fully saturated rings. The van der Waals surface area contributed by atoms with Gasteiger partial charge in [-0.3, -0.25) is 58.0 Å². The van der Waals surface area contributed by atoms with Gasteiger partial charge in [0, 0.05) is 130 Å². The van der Waals surface area contributed by atoms with Gasteiger partial charge in [-0.15, -0.1) is 0 Å². The van der Waals surface area contributed by atoms with Gasteiger partial charge < -0.3 is 67.2 Å². The van der Waals surface area contributed by atoms with Crippen molar-refractivity contribution in [1.82, 2.24) is 62.1 Å². The fourth-order valence-corrected chi connectivity index (χ4v) is 10.6. The molecule has 12 bridgehead atoms. The van der Waals surface area contributed by atoms with E-state index in [0.717, 1.165) is 0 Å². The third-order valence-electron chi connectivity index (χ3n) is 15.1. The number of rotatable bonds is 8. The van der Waals surface area contributed by atoms with Gasteiger partial charge in [-0.2, -0.15) is 0 Å². The van der Waals surface area contributed by atoms with Crippen molar-refractivity contribution in [3.8, 4) is 23.0 Å². The Bertz CT molecular complexity index is 2910. The highest BCUT2D eigenvalue weighted by atomic mass is 16.5. The molecule has 0 aromatic heterocycles. The molecule has 8 amide bonds. The van der Waals surface area contributed by atoms with E-state index in [1.807, 2.05) is 14.7 Å². The Labute approximate surface area is 495 Å². The molecule has 3 atom stereocenters. The first-order valence-electron chi connectivity index (χ1n) is 28.8. The van der Waals surface area contributed by atoms with Gasteiger partial charge in [-0.25, -0.2) is 0 Å². The third kappa shape index (κ3) is 17.6. The summed E-state index contributed by atoms with van der Waals surface area (Å²) in [7, 11) is 5.58. The van der Waals surface area contributed by atoms with E-state index >= 15 is 0 Å². The summed E-state index contributed by atoms with van der Waals surface area (Å²) in [5.74, 6) is -3.45. The lowest BCUT2D eigenvalue weighted by Crippen LogP contribution is -2.49. The van der Waals surface area contributed by atoms with Gasteiger partial charge in [-0.1, -0.05) is 30.7 Å². The van der Waals surface area contributed by atoms with E-state index < -0.39 is 53.3 Å². The van der Waals surface area contributed by atoms with Crippen LogP contribution in [0.25, 0.3) is 0 Å². The second-order valence-electron chi connectivity index (χ2n) is 20.6. The summed E-state index contributed by atoms with van der Waals surface area (Å²) in [5, 5.41) is 24.2. The molecule has 10 N–H and O–H groups in total. The second kappa shape index (κ2) is 32.6. The van der Waals surface area contributed by atoms with Crippen LogP contribution < -0.4 is 67.2 Å². The van der Waals surface area contributed by atoms with Crippen LogP contribution in [0.5, 0.6) is 23.0 Å². The number of benzene rings is 4. The number of carbonyl (C=O) groups excluding carboxylic acids is 8. The first-order chi connectivity index (χ1) is 41.3. The number of ether oxygens (including phenoxy) is 4. The summed E-state index contributed by atoms with van der Waals surface area (Å²) in [5.41, 5.74) is 7.16. The molecule has 4 aliphatic heterocycles. The van der Waals surface area contributed by atoms with Crippen LogP contribution >= 0.6 is 0 Å². The van der Waals surface area contributed by atoms with Crippen LogP contribution in [0.3, 0.4) is 0 Å². The van der Waals surface area contributed by atoms with Crippen molar-refractivity contribution < 1.29 is 57.3 Å². The first-order valence-corrected chi connectivity index (χ1v) is 28.8. The molecule has 458 valence electrons. The van der Waals surface area contributed by atoms with E-state index in [-0.39, 0.29) is 166 Å². The van der Waals surface area contributed by atoms with Gasteiger partial charge in [0.25, 0.3) is 47.3 Å². The summed E-state index contributed by atoms with van der Waals surface area (Å²) >= 11 is 0. The second-order valence-corrected chi connectivity index (χ2v) is 20.6. The summed E-state index contributed by atoms with van der Waals surface area (Å²) < 4.78 is 23.0. The number of nitrogens with one attached hydrogen (secondary N) is 8. The van der Waals surface area contributed by atoms with Crippen molar-refractivity contribution in [2.45, 2.75) is 25.3 Å². The smallest absolute Gasteiger partial charge is 0.255 e. The van der Waals surface area contributed by atoms with Gasteiger partial charge in [0.15, 0.2) is 0 Å². The molecule has 0 radical (unpaired) electrons. The largest absolute Gasteiger partial charge is 0.495 e. The molecule has 4 aromatic carbocycles. The fourth-order valence-electron chi connectivity index (χ4n) is 10.6. The SMILES string of the molecule is COc1c2cccc1C(=O)NCCN1CCNC(=O)c3cccc(c3OC)C(=O)NCCN(CCNC2=O)CCN2CCNC(=O)c3cccc(c3OC)C(=O)NCCN(CC1)CC(CCCCN)NC(=O)c1cccc(c1OC)C(=O)NCC2. The molecule has 85 heavy (non-hydrogen) atoms. The third-order valence-corrected chi connectivity index (χ3v) is 15.1. The Morgan fingerprint density at radius 1 is 0.353 bits per heavy atom. The number of hydrogen-bond donors (Lipinski definition) is 9. The van der Waals surface area contributed by atoms with Gasteiger partial charge in [0.05, 0.1) is 72.9 Å². The molecule has 0 saturated carbocycles. The van der Waals surface area contributed by atoms with Crippen LogP contribution in [0.4, 0.5) is 0 Å². The lowest BCUT2D eigenvalue weighted by atomic mass is 10.0. The maximum absolute atomic E-state index is 14.6. The summed E-state index contributed by atoms with van der Waals surface area (Å²) in [6, 6.07) is 18.6. The zero-order chi connectivity index (χ0) is 60.7. The normalized spacial score (nSPS) is 21.6. The number of unbranched alkanes of at least 4 members (excludes halogenated alkanes) is 1. The molecule has 0 spiro atoms. The van der Waals surface area contributed by atoms with E-state index in [1.165, 1.54) is 28.4 Å². The van der Waals surface area contributed by atoms with Crippen molar-refractivity contribution >= 4 is 47.3 Å². The number of hydrogen-bond acceptors (Lipinski definition) is 17. The van der Waals surface area contributed by atoms with E-state index in [1.54, 1.807) is 72.8 Å². The molecular formula is C60H81N13O12. The molecule has 25 nitrogen and oxygen atoms in total. The number of methoxy groups -OCH3 is 4. The highest BCUT2D eigenvalue weighted by molar-refractivity contribution is 6.07. The minimum Gasteiger partial charge on any atom is -0.495 e. The summed E-state index contributed by atoms with van der Waals surface area (Å²) in [6.45, 7) is 4.85. The summed E-state index contributed by atoms with van der Waals surface area (Å²) in [4.78, 5) is 121. The number of carbonyl (C=O) groups is 8. The standard InChI is InChI=1S/C60H81N13O12/c1-82-49-41-12-7-14-43(49)56(77)65-25-32-72-33-26-66-57(78)44-15-8-13-42(50(44)83-2)54(75)63-22-29-70(28-21-62-53(41)74)35-36-71-30-23-64-55(76)45-16-9-17-46(51(45)84-3)58(79)68-27-34-73(38-37-72)39-40(11-5-6-20-61)69-60(81)48-19-10-18-47(52(48)85-4)59(80)67-24-31-71/h7-10,12-19,40H,5-6,11,20-39,61H2,1-4H3,(H,62,74)(H,63,75)(H,64,76)(H,65,77)(H,66,78)(H,67,80)(H,68,79)(H,69,81). The minimum atomic E-state index is -0.493. The Kier molecular flexibility index (Phi) is 24.6. The number of nitrogens with two attached hydrogens (primary N) is 1. The first kappa shape index (κ1) is 64.2. The number of para-hydroxylation sites is 4. The average molecular weight is 1180 g/mol. The maximum Gasteiger partial charge on any atom is 0.255 e. The van der Waals surface area contributed by atoms with Gasteiger partial charge >= 0.3 is 0 Å². The van der Waals surface area contributed by atoms with Gasteiger partial charge in [0.2, 0.25) is 0 Å². The molecule has 3 unspecified atom stereocenters. The van der Waals surface area contributed by atoms with Gasteiger partial charge in [-0.05, 0) is 67.9 Å². The molecule has 4 aliphatic rings. The van der Waals surface area contributed by atoms with Crippen LogP contribution in [-0.2, 0) is 0 Å². The molecule has 4 heterocycles. The van der Waals surface area contributed by atoms with Gasteiger partial charge in [0.1, 0.15) is 23.0 Å². The Morgan fingerprint density at radius 2 is 0.588 bits per heavy atom. The van der Waals surface area contributed by atoms with E-state index in [9.17, 15) is 38.4 Å². The van der Waals surface area contributed by atoms with Crippen molar-refractivity contribution in [3.63, 3.8) is 0 Å². The average Bonchev–Trinajstić information content (AvgIpc) is 3.11. The molecule has 8 rings (SSSR count). The van der Waals surface area contributed by atoms with Crippen LogP contribution in [0.15, 0.2) is 72.8 Å². The number of nitrogens with zero attached hydrogens (tertiary/aromatic N) is 4. The highest BCUT2D eigenvalue weighted by Gasteiger charge is 2.28. The van der Waals surface area contributed by atoms with Crippen molar-refractivity contribution in [2.75, 3.05) is 159 Å². The lowest BCUT2D eigenvalue weighted by molar-refractivity contribution is 0.0895. The topological polar surface area (TPSA) is 309 Å². The van der Waals surface area contributed by atoms with Crippen LogP contribution in [0.2, 0.25) is 0 Å².